The Morgan fingerprint density at radius 2 is 1.48 bits per heavy atom. The van der Waals surface area contributed by atoms with Gasteiger partial charge in [-0.1, -0.05) is 62.6 Å². The molecule has 2 aliphatic heterocycles. The van der Waals surface area contributed by atoms with Gasteiger partial charge in [-0.05, 0) is 48.2 Å². The third-order valence-electron chi connectivity index (χ3n) is 7.62. The van der Waals surface area contributed by atoms with Crippen LogP contribution in [-0.2, 0) is 18.7 Å². The number of likely N-dealkylation sites (tertiary alicyclic amines) is 1. The van der Waals surface area contributed by atoms with Crippen molar-refractivity contribution in [3.8, 4) is 0 Å². The number of piperidine rings is 1. The van der Waals surface area contributed by atoms with E-state index in [1.54, 1.807) is 6.07 Å². The van der Waals surface area contributed by atoms with Gasteiger partial charge in [-0.25, -0.2) is 4.39 Å². The molecule has 1 N–H and O–H groups in total. The molecule has 0 saturated carbocycles. The van der Waals surface area contributed by atoms with Gasteiger partial charge in [0.15, 0.2) is 0 Å². The van der Waals surface area contributed by atoms with Gasteiger partial charge >= 0.3 is 0 Å². The van der Waals surface area contributed by atoms with Crippen LogP contribution in [0.2, 0.25) is 38.3 Å². The first-order valence-corrected chi connectivity index (χ1v) is 18.0. The predicted molar refractivity (Wildman–Crippen MR) is 131 cm³/mol. The Labute approximate surface area is 189 Å². The normalized spacial score (nSPS) is 23.2. The summed E-state index contributed by atoms with van der Waals surface area (Å²) in [5.74, 6) is -0.266. The Balaban J connectivity index is 1.48. The maximum atomic E-state index is 14.9. The van der Waals surface area contributed by atoms with E-state index in [1.807, 2.05) is 18.2 Å². The van der Waals surface area contributed by atoms with E-state index in [4.69, 9.17) is 0 Å². The molecule has 0 aliphatic carbocycles. The zero-order chi connectivity index (χ0) is 22.3. The van der Waals surface area contributed by atoms with Gasteiger partial charge in [0.25, 0.3) is 0 Å². The molecule has 0 spiro atoms. The first kappa shape index (κ1) is 22.9. The van der Waals surface area contributed by atoms with E-state index >= 15 is 0 Å². The van der Waals surface area contributed by atoms with E-state index in [0.717, 1.165) is 31.7 Å². The van der Waals surface area contributed by atoms with Crippen molar-refractivity contribution in [2.75, 3.05) is 13.1 Å². The van der Waals surface area contributed by atoms with Crippen LogP contribution in [0.1, 0.15) is 29.5 Å². The standard InChI is InChI=1S/C25H37FN2OSi2/c1-30(2)16-17-31(3,4)28(30)20-22-10-11-24(26)23(18-22)25(29)12-14-27(15-13-25)19-21-8-6-5-7-9-21/h5-11,18,29H,12-17,19-20H2,1-4H3. The lowest BCUT2D eigenvalue weighted by Gasteiger charge is -2.40. The van der Waals surface area contributed by atoms with Crippen molar-refractivity contribution in [1.29, 1.82) is 0 Å². The van der Waals surface area contributed by atoms with Crippen molar-refractivity contribution in [3.63, 3.8) is 0 Å². The molecule has 0 amide bonds. The number of nitrogens with zero attached hydrogens (tertiary/aromatic N) is 2. The van der Waals surface area contributed by atoms with E-state index in [2.05, 4.69) is 59.6 Å². The molecule has 3 nitrogen and oxygen atoms in total. The molecule has 6 heteroatoms. The van der Waals surface area contributed by atoms with Crippen LogP contribution in [0.5, 0.6) is 0 Å². The minimum Gasteiger partial charge on any atom is -0.385 e. The average Bonchev–Trinajstić information content (AvgIpc) is 2.94. The zero-order valence-electron chi connectivity index (χ0n) is 19.5. The molecule has 0 aromatic heterocycles. The van der Waals surface area contributed by atoms with Crippen LogP contribution in [0.3, 0.4) is 0 Å². The quantitative estimate of drug-likeness (QED) is 0.599. The summed E-state index contributed by atoms with van der Waals surface area (Å²) in [7, 11) is -2.78. The fraction of sp³-hybridized carbons (Fsp3) is 0.520. The second kappa shape index (κ2) is 8.56. The minimum atomic E-state index is -1.39. The third kappa shape index (κ3) is 4.88. The topological polar surface area (TPSA) is 26.7 Å². The molecule has 2 aliphatic rings. The van der Waals surface area contributed by atoms with Crippen LogP contribution in [0.15, 0.2) is 48.5 Å². The molecule has 2 fully saturated rings. The van der Waals surface area contributed by atoms with Gasteiger partial charge in [0.1, 0.15) is 22.3 Å². The Morgan fingerprint density at radius 3 is 2.10 bits per heavy atom. The first-order chi connectivity index (χ1) is 14.6. The van der Waals surface area contributed by atoms with Crippen LogP contribution >= 0.6 is 0 Å². The molecular weight excluding hydrogens is 419 g/mol. The molecule has 0 bridgehead atoms. The molecule has 168 valence electrons. The molecule has 2 heterocycles. The van der Waals surface area contributed by atoms with Crippen molar-refractivity contribution < 1.29 is 9.50 Å². The van der Waals surface area contributed by atoms with Crippen LogP contribution in [0, 0.1) is 5.82 Å². The summed E-state index contributed by atoms with van der Waals surface area (Å²) < 4.78 is 17.7. The van der Waals surface area contributed by atoms with Gasteiger partial charge in [-0.15, -0.1) is 0 Å². The van der Waals surface area contributed by atoms with Gasteiger partial charge in [-0.2, -0.15) is 0 Å². The van der Waals surface area contributed by atoms with Crippen LogP contribution in [0.25, 0.3) is 0 Å². The summed E-state index contributed by atoms with van der Waals surface area (Å²) in [4.78, 5) is 2.36. The summed E-state index contributed by atoms with van der Waals surface area (Å²) in [5, 5.41) is 11.4. The fourth-order valence-corrected chi connectivity index (χ4v) is 19.4. The summed E-state index contributed by atoms with van der Waals surface area (Å²) >= 11 is 0. The molecule has 0 unspecified atom stereocenters. The first-order valence-electron chi connectivity index (χ1n) is 11.6. The summed E-state index contributed by atoms with van der Waals surface area (Å²) in [6, 6.07) is 18.6. The molecule has 0 atom stereocenters. The molecular formula is C25H37FN2OSi2. The lowest BCUT2D eigenvalue weighted by molar-refractivity contribution is -0.0303. The molecule has 0 radical (unpaired) electrons. The number of rotatable bonds is 5. The number of hydrogen-bond donors (Lipinski definition) is 1. The predicted octanol–water partition coefficient (Wildman–Crippen LogP) is 5.54. The van der Waals surface area contributed by atoms with Crippen LogP contribution in [0.4, 0.5) is 4.39 Å². The van der Waals surface area contributed by atoms with E-state index in [1.165, 1.54) is 17.7 Å². The number of halogens is 1. The van der Waals surface area contributed by atoms with E-state index in [9.17, 15) is 9.50 Å². The highest BCUT2D eigenvalue weighted by Crippen LogP contribution is 2.39. The van der Waals surface area contributed by atoms with Gasteiger partial charge in [0.05, 0.1) is 5.60 Å². The van der Waals surface area contributed by atoms with Gasteiger partial charge in [0.2, 0.25) is 0 Å². The highest BCUT2D eigenvalue weighted by molar-refractivity contribution is 6.95. The van der Waals surface area contributed by atoms with Gasteiger partial charge < -0.3 is 9.34 Å². The Bertz CT molecular complexity index is 895. The number of hydrogen-bond acceptors (Lipinski definition) is 3. The molecule has 4 rings (SSSR count). The largest absolute Gasteiger partial charge is 0.385 e. The molecule has 2 aromatic rings. The smallest absolute Gasteiger partial charge is 0.129 e. The molecule has 2 saturated heterocycles. The maximum absolute atomic E-state index is 14.9. The van der Waals surface area contributed by atoms with Gasteiger partial charge in [-0.3, -0.25) is 4.90 Å². The molecule has 2 aromatic carbocycles. The lowest BCUT2D eigenvalue weighted by Crippen LogP contribution is -2.54. The number of aliphatic hydroxyl groups is 1. The molecule has 31 heavy (non-hydrogen) atoms. The highest BCUT2D eigenvalue weighted by atomic mass is 28.4. The second-order valence-corrected chi connectivity index (χ2v) is 20.6. The van der Waals surface area contributed by atoms with Crippen molar-refractivity contribution in [2.24, 2.45) is 0 Å². The highest BCUT2D eigenvalue weighted by Gasteiger charge is 2.47. The Morgan fingerprint density at radius 1 is 0.871 bits per heavy atom. The fourth-order valence-electron chi connectivity index (χ4n) is 5.53. The van der Waals surface area contributed by atoms with Crippen molar-refractivity contribution >= 4 is 16.5 Å². The minimum absolute atomic E-state index is 0.266. The zero-order valence-corrected chi connectivity index (χ0v) is 21.5. The van der Waals surface area contributed by atoms with E-state index in [0.29, 0.717) is 18.4 Å². The van der Waals surface area contributed by atoms with Gasteiger partial charge in [0, 0.05) is 31.7 Å². The van der Waals surface area contributed by atoms with E-state index in [-0.39, 0.29) is 5.82 Å². The number of benzene rings is 2. The Kier molecular flexibility index (Phi) is 6.31. The summed E-state index contributed by atoms with van der Waals surface area (Å²) in [6.45, 7) is 13.2. The second-order valence-electron chi connectivity index (χ2n) is 10.8. The van der Waals surface area contributed by atoms with Crippen LogP contribution < -0.4 is 0 Å². The SMILES string of the molecule is C[Si]1(C)CC[Si](C)(C)N1Cc1ccc(F)c(C2(O)CCN(Cc3ccccc3)CC2)c1. The van der Waals surface area contributed by atoms with Crippen LogP contribution in [-0.4, -0.2) is 43.8 Å². The third-order valence-corrected chi connectivity index (χ3v) is 17.9. The van der Waals surface area contributed by atoms with Crippen molar-refractivity contribution in [1.82, 2.24) is 9.13 Å². The lowest BCUT2D eigenvalue weighted by atomic mass is 9.83. The van der Waals surface area contributed by atoms with E-state index < -0.39 is 22.1 Å². The average molecular weight is 457 g/mol. The maximum Gasteiger partial charge on any atom is 0.129 e. The summed E-state index contributed by atoms with van der Waals surface area (Å²) in [5.41, 5.74) is 1.87. The Hall–Kier alpha value is -1.32. The van der Waals surface area contributed by atoms with Crippen molar-refractivity contribution in [3.05, 3.63) is 71.0 Å². The summed E-state index contributed by atoms with van der Waals surface area (Å²) in [6.07, 6.45) is 1.15. The van der Waals surface area contributed by atoms with Crippen molar-refractivity contribution in [2.45, 2.75) is 69.8 Å². The monoisotopic (exact) mass is 456 g/mol.